The maximum Gasteiger partial charge on any atom is 0.336 e. The molecule has 3 atom stereocenters. The van der Waals surface area contributed by atoms with Crippen LogP contribution in [0.2, 0.25) is 0 Å². The minimum atomic E-state index is -2.02. The molecule has 0 heterocycles. The zero-order chi connectivity index (χ0) is 14.7. The molecule has 0 aromatic heterocycles. The van der Waals surface area contributed by atoms with Gasteiger partial charge < -0.3 is 30.3 Å². The predicted octanol–water partition coefficient (Wildman–Crippen LogP) is -1.33. The first-order valence-electron chi connectivity index (χ1n) is 5.32. The number of ether oxygens (including phenoxy) is 1. The molecule has 0 aliphatic carbocycles. The first-order chi connectivity index (χ1) is 8.27. The summed E-state index contributed by atoms with van der Waals surface area (Å²) in [6.07, 6.45) is -3.73. The van der Waals surface area contributed by atoms with Crippen molar-refractivity contribution in [1.29, 1.82) is 0 Å². The Hall–Kier alpha value is -1.22. The van der Waals surface area contributed by atoms with Crippen molar-refractivity contribution in [1.82, 2.24) is 0 Å². The molecule has 0 aromatic rings. The van der Waals surface area contributed by atoms with Crippen LogP contribution in [-0.2, 0) is 14.3 Å². The lowest BCUT2D eigenvalue weighted by atomic mass is 10.2. The molecule has 8 nitrogen and oxygen atoms in total. The summed E-state index contributed by atoms with van der Waals surface area (Å²) in [5.41, 5.74) is 0. The molecule has 3 unspecified atom stereocenters. The minimum Gasteiger partial charge on any atom is -0.479 e. The molecule has 18 heavy (non-hydrogen) atoms. The fraction of sp³-hybridized carbons (Fsp3) is 0.800. The predicted molar refractivity (Wildman–Crippen MR) is 60.1 cm³/mol. The first-order valence-corrected chi connectivity index (χ1v) is 5.32. The van der Waals surface area contributed by atoms with Crippen LogP contribution in [0.5, 0.6) is 0 Å². The van der Waals surface area contributed by atoms with Gasteiger partial charge in [-0.2, -0.15) is 0 Å². The van der Waals surface area contributed by atoms with Crippen molar-refractivity contribution in [2.75, 3.05) is 13.2 Å². The van der Waals surface area contributed by atoms with E-state index >= 15 is 0 Å². The Labute approximate surface area is 104 Å². The van der Waals surface area contributed by atoms with Crippen molar-refractivity contribution in [2.45, 2.75) is 38.6 Å². The Morgan fingerprint density at radius 3 is 1.83 bits per heavy atom. The van der Waals surface area contributed by atoms with Gasteiger partial charge in [0.25, 0.3) is 0 Å². The number of hydrogen-bond donors (Lipinski definition) is 5. The molecule has 0 aromatic carbocycles. The van der Waals surface area contributed by atoms with Crippen molar-refractivity contribution in [3.63, 3.8) is 0 Å². The topological polar surface area (TPSA) is 145 Å². The molecular formula is C10H20O8. The van der Waals surface area contributed by atoms with Gasteiger partial charge >= 0.3 is 11.9 Å². The SMILES string of the molecule is CC(O)CO.CCCOC(C(=O)O)C(O)C(=O)O. The second-order valence-corrected chi connectivity index (χ2v) is 3.44. The van der Waals surface area contributed by atoms with E-state index in [0.29, 0.717) is 6.42 Å². The van der Waals surface area contributed by atoms with Crippen LogP contribution in [0.1, 0.15) is 20.3 Å². The van der Waals surface area contributed by atoms with Crippen LogP contribution in [-0.4, -0.2) is 69.0 Å². The van der Waals surface area contributed by atoms with Crippen molar-refractivity contribution in [2.24, 2.45) is 0 Å². The van der Waals surface area contributed by atoms with E-state index in [2.05, 4.69) is 4.74 Å². The number of aliphatic hydroxyl groups is 3. The quantitative estimate of drug-likeness (QED) is 0.382. The van der Waals surface area contributed by atoms with E-state index in [1.165, 1.54) is 6.92 Å². The second kappa shape index (κ2) is 10.9. The molecule has 0 rings (SSSR count). The van der Waals surface area contributed by atoms with Gasteiger partial charge in [-0.05, 0) is 13.3 Å². The average Bonchev–Trinajstić information content (AvgIpc) is 2.29. The number of aliphatic hydroxyl groups excluding tert-OH is 3. The maximum absolute atomic E-state index is 10.4. The summed E-state index contributed by atoms with van der Waals surface area (Å²) >= 11 is 0. The summed E-state index contributed by atoms with van der Waals surface area (Å²) in [4.78, 5) is 20.6. The van der Waals surface area contributed by atoms with Crippen LogP contribution in [0.25, 0.3) is 0 Å². The maximum atomic E-state index is 10.4. The summed E-state index contributed by atoms with van der Waals surface area (Å²) in [6.45, 7) is 3.23. The highest BCUT2D eigenvalue weighted by molar-refractivity contribution is 5.83. The van der Waals surface area contributed by atoms with Crippen LogP contribution >= 0.6 is 0 Å². The summed E-state index contributed by atoms with van der Waals surface area (Å²) in [5.74, 6) is -3.09. The van der Waals surface area contributed by atoms with E-state index in [9.17, 15) is 9.59 Å². The Balaban J connectivity index is 0. The number of aliphatic carboxylic acids is 2. The third-order valence-corrected chi connectivity index (χ3v) is 1.55. The summed E-state index contributed by atoms with van der Waals surface area (Å²) in [5, 5.41) is 41.7. The summed E-state index contributed by atoms with van der Waals surface area (Å²) in [7, 11) is 0. The van der Waals surface area contributed by atoms with E-state index in [4.69, 9.17) is 25.5 Å². The number of carbonyl (C=O) groups is 2. The normalized spacial score (nSPS) is 14.9. The van der Waals surface area contributed by atoms with Gasteiger partial charge in [0.2, 0.25) is 0 Å². The molecule has 0 spiro atoms. The summed E-state index contributed by atoms with van der Waals surface area (Å²) < 4.78 is 4.65. The molecule has 0 aliphatic heterocycles. The number of rotatable bonds is 7. The lowest BCUT2D eigenvalue weighted by Crippen LogP contribution is -2.41. The van der Waals surface area contributed by atoms with Crippen LogP contribution < -0.4 is 0 Å². The largest absolute Gasteiger partial charge is 0.479 e. The Bertz CT molecular complexity index is 240. The van der Waals surface area contributed by atoms with E-state index in [1.807, 2.05) is 0 Å². The molecule has 0 saturated carbocycles. The van der Waals surface area contributed by atoms with Gasteiger partial charge in [0.1, 0.15) is 0 Å². The molecule has 5 N–H and O–H groups in total. The van der Waals surface area contributed by atoms with Gasteiger partial charge in [-0.3, -0.25) is 0 Å². The second-order valence-electron chi connectivity index (χ2n) is 3.44. The molecule has 8 heteroatoms. The Morgan fingerprint density at radius 2 is 1.61 bits per heavy atom. The van der Waals surface area contributed by atoms with Crippen LogP contribution in [0.3, 0.4) is 0 Å². The lowest BCUT2D eigenvalue weighted by molar-refractivity contribution is -0.171. The molecule has 0 amide bonds. The van der Waals surface area contributed by atoms with Gasteiger partial charge in [0, 0.05) is 6.61 Å². The number of carboxylic acid groups (broad SMARTS) is 2. The van der Waals surface area contributed by atoms with E-state index in [1.54, 1.807) is 6.92 Å². The minimum absolute atomic E-state index is 0.0985. The zero-order valence-electron chi connectivity index (χ0n) is 10.3. The highest BCUT2D eigenvalue weighted by atomic mass is 16.5. The number of carboxylic acids is 2. The van der Waals surface area contributed by atoms with Gasteiger partial charge in [-0.25, -0.2) is 9.59 Å². The monoisotopic (exact) mass is 268 g/mol. The third-order valence-electron chi connectivity index (χ3n) is 1.55. The molecule has 0 saturated heterocycles. The fourth-order valence-corrected chi connectivity index (χ4v) is 0.672. The fourth-order valence-electron chi connectivity index (χ4n) is 0.672. The molecular weight excluding hydrogens is 248 g/mol. The third kappa shape index (κ3) is 9.97. The Morgan fingerprint density at radius 1 is 1.17 bits per heavy atom. The van der Waals surface area contributed by atoms with Crippen LogP contribution in [0, 0.1) is 0 Å². The first kappa shape index (κ1) is 19.1. The smallest absolute Gasteiger partial charge is 0.336 e. The van der Waals surface area contributed by atoms with Crippen molar-refractivity contribution in [3.8, 4) is 0 Å². The van der Waals surface area contributed by atoms with Crippen molar-refractivity contribution in [3.05, 3.63) is 0 Å². The van der Waals surface area contributed by atoms with Gasteiger partial charge in [0.05, 0.1) is 12.7 Å². The highest BCUT2D eigenvalue weighted by Gasteiger charge is 2.32. The number of hydrogen-bond acceptors (Lipinski definition) is 6. The molecule has 0 bridgehead atoms. The van der Waals surface area contributed by atoms with E-state index in [0.717, 1.165) is 0 Å². The van der Waals surface area contributed by atoms with E-state index < -0.39 is 30.3 Å². The van der Waals surface area contributed by atoms with Gasteiger partial charge in [-0.15, -0.1) is 0 Å². The van der Waals surface area contributed by atoms with Gasteiger partial charge in [0.15, 0.2) is 12.2 Å². The van der Waals surface area contributed by atoms with Crippen LogP contribution in [0.15, 0.2) is 0 Å². The molecule has 108 valence electrons. The summed E-state index contributed by atoms with van der Waals surface area (Å²) in [6, 6.07) is 0. The molecule has 0 aliphatic rings. The van der Waals surface area contributed by atoms with Crippen molar-refractivity contribution < 1.29 is 39.9 Å². The highest BCUT2D eigenvalue weighted by Crippen LogP contribution is 2.01. The lowest BCUT2D eigenvalue weighted by Gasteiger charge is -2.15. The van der Waals surface area contributed by atoms with Gasteiger partial charge in [-0.1, -0.05) is 6.92 Å². The Kier molecular flexibility index (Phi) is 11.6. The average molecular weight is 268 g/mol. The zero-order valence-corrected chi connectivity index (χ0v) is 10.3. The van der Waals surface area contributed by atoms with Crippen LogP contribution in [0.4, 0.5) is 0 Å². The standard InChI is InChI=1S/C7H12O6.C3H8O2/c1-2-3-13-5(7(11)12)4(8)6(9)10;1-3(5)2-4/h4-5,8H,2-3H2,1H3,(H,9,10)(H,11,12);3-5H,2H2,1H3. The molecule has 0 fully saturated rings. The van der Waals surface area contributed by atoms with E-state index in [-0.39, 0.29) is 13.2 Å². The van der Waals surface area contributed by atoms with Crippen molar-refractivity contribution >= 4 is 11.9 Å². The molecule has 0 radical (unpaired) electrons.